The van der Waals surface area contributed by atoms with E-state index in [0.29, 0.717) is 18.1 Å². The summed E-state index contributed by atoms with van der Waals surface area (Å²) < 4.78 is 10.7. The molecule has 2 atom stereocenters. The predicted octanol–water partition coefficient (Wildman–Crippen LogP) is 2.14. The van der Waals surface area contributed by atoms with E-state index in [0.717, 1.165) is 32.3 Å². The maximum Gasteiger partial charge on any atom is 0.255 e. The van der Waals surface area contributed by atoms with Crippen molar-refractivity contribution in [2.45, 2.75) is 51.2 Å². The second-order valence-electron chi connectivity index (χ2n) is 4.15. The summed E-state index contributed by atoms with van der Waals surface area (Å²) >= 11 is 0. The van der Waals surface area contributed by atoms with Crippen molar-refractivity contribution in [3.05, 3.63) is 11.7 Å². The lowest BCUT2D eigenvalue weighted by molar-refractivity contribution is -0.00459. The molecule has 1 aromatic heterocycles. The molecule has 1 fully saturated rings. The Kier molecular flexibility index (Phi) is 3.90. The van der Waals surface area contributed by atoms with Gasteiger partial charge in [0, 0.05) is 6.61 Å². The second kappa shape index (κ2) is 5.41. The quantitative estimate of drug-likeness (QED) is 0.851. The molecule has 0 aromatic carbocycles. The van der Waals surface area contributed by atoms with Crippen LogP contribution in [0, 0.1) is 0 Å². The van der Waals surface area contributed by atoms with Gasteiger partial charge in [0.15, 0.2) is 5.82 Å². The van der Waals surface area contributed by atoms with Crippen molar-refractivity contribution in [1.29, 1.82) is 0 Å². The lowest BCUT2D eigenvalue weighted by Gasteiger charge is -2.18. The van der Waals surface area contributed by atoms with E-state index in [1.165, 1.54) is 0 Å². The molecule has 1 aliphatic rings. The molecular formula is C11H18N2O3. The van der Waals surface area contributed by atoms with E-state index < -0.39 is 6.10 Å². The number of hydrogen-bond donors (Lipinski definition) is 1. The maximum absolute atomic E-state index is 9.71. The average Bonchev–Trinajstić information content (AvgIpc) is 2.80. The van der Waals surface area contributed by atoms with Gasteiger partial charge in [-0.3, -0.25) is 0 Å². The molecule has 0 bridgehead atoms. The van der Waals surface area contributed by atoms with Gasteiger partial charge >= 0.3 is 0 Å². The summed E-state index contributed by atoms with van der Waals surface area (Å²) in [6.07, 6.45) is 3.99. The molecule has 0 spiro atoms. The van der Waals surface area contributed by atoms with Gasteiger partial charge in [-0.25, -0.2) is 0 Å². The summed E-state index contributed by atoms with van der Waals surface area (Å²) in [4.78, 5) is 4.20. The number of hydrogen-bond acceptors (Lipinski definition) is 5. The normalized spacial score (nSPS) is 23.2. The number of nitrogens with zero attached hydrogens (tertiary/aromatic N) is 2. The van der Waals surface area contributed by atoms with Crippen LogP contribution in [0.5, 0.6) is 0 Å². The third-order valence-corrected chi connectivity index (χ3v) is 2.77. The van der Waals surface area contributed by atoms with Crippen LogP contribution in [-0.2, 0) is 4.74 Å². The van der Waals surface area contributed by atoms with Crippen molar-refractivity contribution in [2.24, 2.45) is 0 Å². The molecule has 90 valence electrons. The molecule has 0 radical (unpaired) electrons. The van der Waals surface area contributed by atoms with Gasteiger partial charge in [0.25, 0.3) is 5.89 Å². The van der Waals surface area contributed by atoms with Crippen LogP contribution in [0.4, 0.5) is 0 Å². The van der Waals surface area contributed by atoms with Gasteiger partial charge in [0.1, 0.15) is 12.2 Å². The van der Waals surface area contributed by atoms with Gasteiger partial charge in [0.2, 0.25) is 0 Å². The number of aliphatic hydroxyl groups excluding tert-OH is 1. The zero-order valence-corrected chi connectivity index (χ0v) is 9.56. The highest BCUT2D eigenvalue weighted by atomic mass is 16.5. The third kappa shape index (κ3) is 2.59. The zero-order valence-electron chi connectivity index (χ0n) is 9.56. The Morgan fingerprint density at radius 1 is 1.50 bits per heavy atom. The van der Waals surface area contributed by atoms with E-state index in [2.05, 4.69) is 10.1 Å². The lowest BCUT2D eigenvalue weighted by Crippen LogP contribution is -2.12. The first kappa shape index (κ1) is 11.5. The average molecular weight is 226 g/mol. The van der Waals surface area contributed by atoms with E-state index in [9.17, 15) is 5.11 Å². The summed E-state index contributed by atoms with van der Waals surface area (Å²) in [5, 5.41) is 13.5. The van der Waals surface area contributed by atoms with E-state index in [1.54, 1.807) is 0 Å². The predicted molar refractivity (Wildman–Crippen MR) is 56.7 cm³/mol. The zero-order chi connectivity index (χ0) is 11.4. The van der Waals surface area contributed by atoms with Gasteiger partial charge in [0.05, 0.1) is 0 Å². The fourth-order valence-electron chi connectivity index (χ4n) is 1.85. The molecule has 1 saturated heterocycles. The van der Waals surface area contributed by atoms with Crippen molar-refractivity contribution >= 4 is 0 Å². The van der Waals surface area contributed by atoms with Crippen molar-refractivity contribution < 1.29 is 14.4 Å². The van der Waals surface area contributed by atoms with E-state index in [4.69, 9.17) is 9.26 Å². The van der Waals surface area contributed by atoms with Crippen LogP contribution in [0.1, 0.15) is 63.0 Å². The number of aromatic nitrogens is 2. The van der Waals surface area contributed by atoms with Gasteiger partial charge in [-0.15, -0.1) is 0 Å². The Balaban J connectivity index is 2.00. The Hall–Kier alpha value is -0.940. The summed E-state index contributed by atoms with van der Waals surface area (Å²) in [5.74, 6) is 0.885. The van der Waals surface area contributed by atoms with Gasteiger partial charge in [-0.05, 0) is 25.7 Å². The van der Waals surface area contributed by atoms with Crippen LogP contribution in [0.2, 0.25) is 0 Å². The van der Waals surface area contributed by atoms with Gasteiger partial charge in [-0.2, -0.15) is 4.98 Å². The molecule has 1 aliphatic heterocycles. The highest BCUT2D eigenvalue weighted by molar-refractivity contribution is 4.94. The minimum atomic E-state index is -0.619. The van der Waals surface area contributed by atoms with Crippen molar-refractivity contribution in [3.8, 4) is 0 Å². The summed E-state index contributed by atoms with van der Waals surface area (Å²) in [6, 6.07) is 0. The third-order valence-electron chi connectivity index (χ3n) is 2.77. The van der Waals surface area contributed by atoms with Crippen molar-refractivity contribution in [1.82, 2.24) is 10.1 Å². The van der Waals surface area contributed by atoms with Gasteiger partial charge < -0.3 is 14.4 Å². The lowest BCUT2D eigenvalue weighted by atomic mass is 10.1. The Labute approximate surface area is 94.8 Å². The molecule has 5 heteroatoms. The Morgan fingerprint density at radius 3 is 3.06 bits per heavy atom. The number of aliphatic hydroxyl groups is 1. The molecular weight excluding hydrogens is 208 g/mol. The second-order valence-corrected chi connectivity index (χ2v) is 4.15. The van der Waals surface area contributed by atoms with Crippen LogP contribution < -0.4 is 0 Å². The summed E-state index contributed by atoms with van der Waals surface area (Å²) in [7, 11) is 0. The minimum Gasteiger partial charge on any atom is -0.385 e. The van der Waals surface area contributed by atoms with E-state index >= 15 is 0 Å². The summed E-state index contributed by atoms with van der Waals surface area (Å²) in [6.45, 7) is 2.76. The molecule has 0 amide bonds. The summed E-state index contributed by atoms with van der Waals surface area (Å²) in [5.41, 5.74) is 0. The molecule has 16 heavy (non-hydrogen) atoms. The Morgan fingerprint density at radius 2 is 2.38 bits per heavy atom. The largest absolute Gasteiger partial charge is 0.385 e. The van der Waals surface area contributed by atoms with Crippen LogP contribution in [-0.4, -0.2) is 21.9 Å². The van der Waals surface area contributed by atoms with Gasteiger partial charge in [-0.1, -0.05) is 18.5 Å². The standard InChI is InChI=1S/C11H18N2O3/c1-2-5-8(14)10-12-11(16-13-10)9-6-3-4-7-15-9/h8-9,14H,2-7H2,1H3. The van der Waals surface area contributed by atoms with Crippen LogP contribution >= 0.6 is 0 Å². The first-order chi connectivity index (χ1) is 7.81. The fourth-order valence-corrected chi connectivity index (χ4v) is 1.85. The van der Waals surface area contributed by atoms with E-state index in [1.807, 2.05) is 6.92 Å². The van der Waals surface area contributed by atoms with Crippen molar-refractivity contribution in [2.75, 3.05) is 6.61 Å². The van der Waals surface area contributed by atoms with Crippen molar-refractivity contribution in [3.63, 3.8) is 0 Å². The van der Waals surface area contributed by atoms with Crippen LogP contribution in [0.3, 0.4) is 0 Å². The van der Waals surface area contributed by atoms with Crippen LogP contribution in [0.15, 0.2) is 4.52 Å². The molecule has 2 heterocycles. The van der Waals surface area contributed by atoms with Crippen LogP contribution in [0.25, 0.3) is 0 Å². The molecule has 1 N–H and O–H groups in total. The SMILES string of the molecule is CCCC(O)c1noc(C2CCCCO2)n1. The molecule has 0 aliphatic carbocycles. The number of ether oxygens (including phenoxy) is 1. The Bertz CT molecular complexity index is 321. The molecule has 1 aromatic rings. The van der Waals surface area contributed by atoms with E-state index in [-0.39, 0.29) is 6.10 Å². The minimum absolute atomic E-state index is 0.0798. The topological polar surface area (TPSA) is 68.4 Å². The highest BCUT2D eigenvalue weighted by Gasteiger charge is 2.24. The number of rotatable bonds is 4. The molecule has 2 unspecified atom stereocenters. The first-order valence-electron chi connectivity index (χ1n) is 5.94. The first-order valence-corrected chi connectivity index (χ1v) is 5.94. The molecule has 2 rings (SSSR count). The highest BCUT2D eigenvalue weighted by Crippen LogP contribution is 2.27. The smallest absolute Gasteiger partial charge is 0.255 e. The molecule has 0 saturated carbocycles. The monoisotopic (exact) mass is 226 g/mol. The molecule has 5 nitrogen and oxygen atoms in total. The fraction of sp³-hybridized carbons (Fsp3) is 0.818. The maximum atomic E-state index is 9.71.